The van der Waals surface area contributed by atoms with Crippen molar-refractivity contribution in [3.05, 3.63) is 23.8 Å². The third-order valence-electron chi connectivity index (χ3n) is 4.12. The molecule has 0 spiro atoms. The van der Waals surface area contributed by atoms with Gasteiger partial charge in [-0.15, -0.1) is 12.4 Å². The molecule has 2 rings (SSSR count). The summed E-state index contributed by atoms with van der Waals surface area (Å²) in [6.45, 7) is 7.06. The van der Waals surface area contributed by atoms with Crippen molar-refractivity contribution >= 4 is 34.0 Å². The maximum Gasteiger partial charge on any atom is 0.241 e. The second-order valence-corrected chi connectivity index (χ2v) is 9.19. The summed E-state index contributed by atoms with van der Waals surface area (Å²) >= 11 is 0. The molecule has 0 aliphatic heterocycles. The summed E-state index contributed by atoms with van der Waals surface area (Å²) in [4.78, 5) is 12.5. The van der Waals surface area contributed by atoms with Crippen LogP contribution in [0.3, 0.4) is 0 Å². The van der Waals surface area contributed by atoms with E-state index in [4.69, 9.17) is 5.73 Å². The molecule has 1 amide bonds. The van der Waals surface area contributed by atoms with Crippen molar-refractivity contribution in [2.75, 3.05) is 5.32 Å². The minimum absolute atomic E-state index is 0. The summed E-state index contributed by atoms with van der Waals surface area (Å²) < 4.78 is 27.8. The molecule has 6 nitrogen and oxygen atoms in total. The van der Waals surface area contributed by atoms with Crippen molar-refractivity contribution < 1.29 is 13.2 Å². The summed E-state index contributed by atoms with van der Waals surface area (Å²) in [5.74, 6) is -0.197. The zero-order valence-electron chi connectivity index (χ0n) is 15.1. The number of rotatable bonds is 4. The second kappa shape index (κ2) is 8.03. The molecule has 1 aliphatic carbocycles. The van der Waals surface area contributed by atoms with Crippen molar-refractivity contribution in [3.8, 4) is 0 Å². The van der Waals surface area contributed by atoms with Gasteiger partial charge in [-0.1, -0.05) is 6.07 Å². The zero-order valence-corrected chi connectivity index (χ0v) is 16.8. The van der Waals surface area contributed by atoms with Crippen molar-refractivity contribution in [3.63, 3.8) is 0 Å². The number of nitrogens with two attached hydrogens (primary N) is 1. The van der Waals surface area contributed by atoms with Gasteiger partial charge in [0, 0.05) is 23.2 Å². The van der Waals surface area contributed by atoms with Crippen molar-refractivity contribution in [1.82, 2.24) is 4.72 Å². The second-order valence-electron chi connectivity index (χ2n) is 7.54. The Kier molecular flexibility index (Phi) is 7.03. The van der Waals surface area contributed by atoms with Crippen molar-refractivity contribution in [1.29, 1.82) is 0 Å². The molecule has 2 atom stereocenters. The smallest absolute Gasteiger partial charge is 0.241 e. The van der Waals surface area contributed by atoms with E-state index in [1.54, 1.807) is 45.9 Å². The summed E-state index contributed by atoms with van der Waals surface area (Å²) in [5, 5.41) is 2.86. The number of halogens is 1. The van der Waals surface area contributed by atoms with E-state index in [1.807, 2.05) is 0 Å². The molecular weight excluding hydrogens is 362 g/mol. The molecule has 1 aromatic rings. The van der Waals surface area contributed by atoms with Crippen molar-refractivity contribution in [2.24, 2.45) is 11.7 Å². The molecule has 1 aliphatic rings. The first kappa shape index (κ1) is 21.9. The van der Waals surface area contributed by atoms with Gasteiger partial charge in [0.05, 0.1) is 4.90 Å². The fourth-order valence-corrected chi connectivity index (χ4v) is 4.68. The lowest BCUT2D eigenvalue weighted by Crippen LogP contribution is -2.40. The molecule has 1 fully saturated rings. The van der Waals surface area contributed by atoms with Gasteiger partial charge in [-0.3, -0.25) is 4.79 Å². The topological polar surface area (TPSA) is 101 Å². The lowest BCUT2D eigenvalue weighted by Gasteiger charge is -2.22. The number of hydrogen-bond donors (Lipinski definition) is 3. The Labute approximate surface area is 156 Å². The monoisotopic (exact) mass is 389 g/mol. The van der Waals surface area contributed by atoms with Crippen LogP contribution in [-0.4, -0.2) is 25.9 Å². The number of anilines is 1. The lowest BCUT2D eigenvalue weighted by atomic mass is 10.1. The fourth-order valence-electron chi connectivity index (χ4n) is 2.99. The normalized spacial score (nSPS) is 20.8. The molecule has 142 valence electrons. The molecule has 1 saturated carbocycles. The molecule has 8 heteroatoms. The van der Waals surface area contributed by atoms with Crippen LogP contribution in [0.5, 0.6) is 0 Å². The van der Waals surface area contributed by atoms with E-state index in [-0.39, 0.29) is 35.2 Å². The third-order valence-corrected chi connectivity index (χ3v) is 6.02. The summed E-state index contributed by atoms with van der Waals surface area (Å²) in [6, 6.07) is 4.98. The first-order valence-corrected chi connectivity index (χ1v) is 9.68. The van der Waals surface area contributed by atoms with E-state index in [0.717, 1.165) is 12.8 Å². The summed E-state index contributed by atoms with van der Waals surface area (Å²) in [5.41, 5.74) is 6.34. The van der Waals surface area contributed by atoms with Gasteiger partial charge >= 0.3 is 0 Å². The van der Waals surface area contributed by atoms with Crippen molar-refractivity contribution in [2.45, 2.75) is 63.4 Å². The molecule has 0 bridgehead atoms. The van der Waals surface area contributed by atoms with Crippen LogP contribution in [0.15, 0.2) is 23.1 Å². The molecular formula is C17H28ClN3O3S. The first-order valence-electron chi connectivity index (χ1n) is 8.19. The highest BCUT2D eigenvalue weighted by molar-refractivity contribution is 7.89. The van der Waals surface area contributed by atoms with Gasteiger partial charge in [-0.25, -0.2) is 13.1 Å². The van der Waals surface area contributed by atoms with Gasteiger partial charge in [0.1, 0.15) is 0 Å². The number of amides is 1. The standard InChI is InChI=1S/C17H27N3O3S.ClH/c1-11-14(19-16(21)12-8-9-13(18)10-12)6-5-7-15(11)24(22,23)20-17(2,3)4;/h5-7,12-13,20H,8-10,18H2,1-4H3,(H,19,21);1H. The Morgan fingerprint density at radius 2 is 1.88 bits per heavy atom. The summed E-state index contributed by atoms with van der Waals surface area (Å²) in [6.07, 6.45) is 2.30. The molecule has 1 aromatic carbocycles. The minimum Gasteiger partial charge on any atom is -0.328 e. The maximum atomic E-state index is 12.6. The number of carbonyl (C=O) groups is 1. The Balaban J connectivity index is 0.00000312. The lowest BCUT2D eigenvalue weighted by molar-refractivity contribution is -0.119. The number of carbonyl (C=O) groups excluding carboxylic acids is 1. The van der Waals surface area contributed by atoms with E-state index in [1.165, 1.54) is 0 Å². The Bertz CT molecular complexity index is 729. The van der Waals surface area contributed by atoms with E-state index in [9.17, 15) is 13.2 Å². The van der Waals surface area contributed by atoms with Gasteiger partial charge in [-0.05, 0) is 64.7 Å². The van der Waals surface area contributed by atoms with Crippen LogP contribution < -0.4 is 15.8 Å². The number of sulfonamides is 1. The predicted octanol–water partition coefficient (Wildman–Crippen LogP) is 2.56. The molecule has 0 radical (unpaired) electrons. The predicted molar refractivity (Wildman–Crippen MR) is 102 cm³/mol. The Hall–Kier alpha value is -1.15. The third kappa shape index (κ3) is 5.67. The van der Waals surface area contributed by atoms with Gasteiger partial charge in [0.15, 0.2) is 0 Å². The highest BCUT2D eigenvalue weighted by Crippen LogP contribution is 2.28. The Morgan fingerprint density at radius 1 is 1.24 bits per heavy atom. The largest absolute Gasteiger partial charge is 0.328 e. The van der Waals surface area contributed by atoms with E-state index >= 15 is 0 Å². The number of nitrogens with one attached hydrogen (secondary N) is 2. The van der Waals surface area contributed by atoms with E-state index in [2.05, 4.69) is 10.0 Å². The van der Waals surface area contributed by atoms with Gasteiger partial charge in [0.2, 0.25) is 15.9 Å². The van der Waals surface area contributed by atoms with E-state index in [0.29, 0.717) is 17.7 Å². The average molecular weight is 390 g/mol. The fraction of sp³-hybridized carbons (Fsp3) is 0.588. The minimum atomic E-state index is -3.66. The highest BCUT2D eigenvalue weighted by Gasteiger charge is 2.29. The van der Waals surface area contributed by atoms with Gasteiger partial charge < -0.3 is 11.1 Å². The molecule has 4 N–H and O–H groups in total. The quantitative estimate of drug-likeness (QED) is 0.736. The maximum absolute atomic E-state index is 12.6. The van der Waals surface area contributed by atoms with Gasteiger partial charge in [0.25, 0.3) is 0 Å². The molecule has 0 saturated heterocycles. The first-order chi connectivity index (χ1) is 11.0. The SMILES string of the molecule is Cc1c(NC(=O)C2CCC(N)C2)cccc1S(=O)(=O)NC(C)(C)C.Cl. The van der Waals surface area contributed by atoms with Crippen LogP contribution in [0.25, 0.3) is 0 Å². The van der Waals surface area contributed by atoms with Gasteiger partial charge in [-0.2, -0.15) is 0 Å². The van der Waals surface area contributed by atoms with Crippen LogP contribution in [0.2, 0.25) is 0 Å². The summed E-state index contributed by atoms with van der Waals surface area (Å²) in [7, 11) is -3.66. The van der Waals surface area contributed by atoms with E-state index < -0.39 is 15.6 Å². The molecule has 25 heavy (non-hydrogen) atoms. The average Bonchev–Trinajstić information content (AvgIpc) is 2.85. The number of benzene rings is 1. The molecule has 0 heterocycles. The highest BCUT2D eigenvalue weighted by atomic mass is 35.5. The van der Waals surface area contributed by atoms with Crippen LogP contribution in [0.1, 0.15) is 45.6 Å². The van der Waals surface area contributed by atoms with Crippen LogP contribution in [-0.2, 0) is 14.8 Å². The molecule has 2 unspecified atom stereocenters. The Morgan fingerprint density at radius 3 is 2.40 bits per heavy atom. The molecule has 0 aromatic heterocycles. The van der Waals surface area contributed by atoms with Crippen LogP contribution >= 0.6 is 12.4 Å². The number of hydrogen-bond acceptors (Lipinski definition) is 4. The van der Waals surface area contributed by atoms with Crippen LogP contribution in [0, 0.1) is 12.8 Å². The zero-order chi connectivity index (χ0) is 18.1. The van der Waals surface area contributed by atoms with Crippen LogP contribution in [0.4, 0.5) is 5.69 Å².